The Morgan fingerprint density at radius 3 is 2.66 bits per heavy atom. The lowest BCUT2D eigenvalue weighted by molar-refractivity contribution is -0.113. The molecule has 0 spiro atoms. The van der Waals surface area contributed by atoms with Crippen LogP contribution < -0.4 is 14.8 Å². The van der Waals surface area contributed by atoms with Gasteiger partial charge in [-0.2, -0.15) is 4.98 Å². The van der Waals surface area contributed by atoms with Gasteiger partial charge in [0, 0.05) is 12.0 Å². The van der Waals surface area contributed by atoms with Crippen molar-refractivity contribution in [1.29, 1.82) is 0 Å². The number of rotatable bonds is 6. The van der Waals surface area contributed by atoms with E-state index in [1.165, 1.54) is 23.9 Å². The fourth-order valence-corrected chi connectivity index (χ4v) is 4.66. The van der Waals surface area contributed by atoms with Crippen molar-refractivity contribution >= 4 is 23.4 Å². The van der Waals surface area contributed by atoms with E-state index in [1.807, 2.05) is 49.4 Å². The summed E-state index contributed by atoms with van der Waals surface area (Å²) in [5.41, 5.74) is 3.83. The number of amides is 1. The van der Waals surface area contributed by atoms with E-state index in [2.05, 4.69) is 5.32 Å². The van der Waals surface area contributed by atoms with E-state index in [0.717, 1.165) is 33.8 Å². The van der Waals surface area contributed by atoms with Crippen LogP contribution >= 0.6 is 11.8 Å². The molecule has 176 valence electrons. The lowest BCUT2D eigenvalue weighted by Gasteiger charge is -2.23. The van der Waals surface area contributed by atoms with E-state index in [1.54, 1.807) is 19.2 Å². The number of aromatic nitrogens is 2. The molecule has 0 unspecified atom stereocenters. The Hall–Kier alpha value is -3.91. The molecule has 1 aliphatic rings. The molecule has 0 radical (unpaired) electrons. The lowest BCUT2D eigenvalue weighted by atomic mass is 10.0. The number of fused-ring (bicyclic) bond motifs is 2. The number of anilines is 1. The van der Waals surface area contributed by atoms with Gasteiger partial charge < -0.3 is 14.8 Å². The smallest absolute Gasteiger partial charge is 0.234 e. The normalized spacial score (nSPS) is 11.7. The first kappa shape index (κ1) is 22.9. The minimum absolute atomic E-state index is 0.0561. The molecule has 5 rings (SSSR count). The molecular formula is C27H22FN3O3S. The number of ether oxygens (including phenoxy) is 2. The summed E-state index contributed by atoms with van der Waals surface area (Å²) in [6.07, 6.45) is 0.590. The highest BCUT2D eigenvalue weighted by atomic mass is 32.2. The number of hydrogen-bond donors (Lipinski definition) is 1. The number of nitrogens with zero attached hydrogens (tertiary/aromatic N) is 2. The number of halogens is 1. The van der Waals surface area contributed by atoms with Crippen LogP contribution in [0.3, 0.4) is 0 Å². The van der Waals surface area contributed by atoms with E-state index in [0.29, 0.717) is 23.2 Å². The van der Waals surface area contributed by atoms with E-state index >= 15 is 0 Å². The van der Waals surface area contributed by atoms with Crippen molar-refractivity contribution in [2.45, 2.75) is 18.4 Å². The van der Waals surface area contributed by atoms with Crippen molar-refractivity contribution in [2.75, 3.05) is 18.2 Å². The third-order valence-electron chi connectivity index (χ3n) is 5.63. The largest absolute Gasteiger partial charge is 0.497 e. The summed E-state index contributed by atoms with van der Waals surface area (Å²) in [4.78, 5) is 22.1. The highest BCUT2D eigenvalue weighted by molar-refractivity contribution is 8.00. The van der Waals surface area contributed by atoms with E-state index in [9.17, 15) is 9.18 Å². The zero-order chi connectivity index (χ0) is 24.4. The van der Waals surface area contributed by atoms with Gasteiger partial charge in [-0.15, -0.1) is 0 Å². The zero-order valence-corrected chi connectivity index (χ0v) is 20.0. The van der Waals surface area contributed by atoms with E-state index in [-0.39, 0.29) is 17.3 Å². The van der Waals surface area contributed by atoms with Crippen molar-refractivity contribution < 1.29 is 18.7 Å². The molecule has 0 atom stereocenters. The Bertz CT molecular complexity index is 1410. The molecule has 1 amide bonds. The second-order valence-electron chi connectivity index (χ2n) is 8.02. The SMILES string of the molecule is COc1ccc(-c2nc3c(c(SCC(=O)Nc4ccccc4F)n2)Cc2cccc(C)c2O3)cc1. The van der Waals surface area contributed by atoms with Gasteiger partial charge in [0.05, 0.1) is 24.1 Å². The van der Waals surface area contributed by atoms with Gasteiger partial charge >= 0.3 is 0 Å². The summed E-state index contributed by atoms with van der Waals surface area (Å²) in [5, 5.41) is 3.27. The number of nitrogens with one attached hydrogen (secondary N) is 1. The van der Waals surface area contributed by atoms with Crippen molar-refractivity contribution in [1.82, 2.24) is 9.97 Å². The number of hydrogen-bond acceptors (Lipinski definition) is 6. The van der Waals surface area contributed by atoms with Gasteiger partial charge in [0.1, 0.15) is 22.3 Å². The summed E-state index contributed by atoms with van der Waals surface area (Å²) in [7, 11) is 1.61. The third kappa shape index (κ3) is 4.83. The maximum absolute atomic E-state index is 13.9. The average Bonchev–Trinajstić information content (AvgIpc) is 2.88. The number of para-hydroxylation sites is 2. The number of carbonyl (C=O) groups is 1. The van der Waals surface area contributed by atoms with Crippen LogP contribution in [-0.2, 0) is 11.2 Å². The molecular weight excluding hydrogens is 465 g/mol. The summed E-state index contributed by atoms with van der Waals surface area (Å²) < 4.78 is 25.4. The quantitative estimate of drug-likeness (QED) is 0.233. The zero-order valence-electron chi connectivity index (χ0n) is 19.2. The topological polar surface area (TPSA) is 73.3 Å². The molecule has 6 nitrogen and oxygen atoms in total. The predicted octanol–water partition coefficient (Wildman–Crippen LogP) is 6.03. The second-order valence-corrected chi connectivity index (χ2v) is 8.99. The Kier molecular flexibility index (Phi) is 6.37. The number of carbonyl (C=O) groups excluding carboxylic acids is 1. The molecule has 8 heteroatoms. The van der Waals surface area contributed by atoms with Crippen molar-refractivity contribution in [3.63, 3.8) is 0 Å². The van der Waals surface area contributed by atoms with Crippen LogP contribution in [0.15, 0.2) is 71.8 Å². The van der Waals surface area contributed by atoms with Crippen molar-refractivity contribution in [3.8, 4) is 28.8 Å². The van der Waals surface area contributed by atoms with Gasteiger partial charge in [-0.05, 0) is 54.4 Å². The molecule has 4 aromatic rings. The molecule has 2 heterocycles. The number of aryl methyl sites for hydroxylation is 1. The van der Waals surface area contributed by atoms with Crippen LogP contribution in [0.1, 0.15) is 16.7 Å². The summed E-state index contributed by atoms with van der Waals surface area (Å²) in [5.74, 6) is 1.74. The molecule has 1 aliphatic heterocycles. The monoisotopic (exact) mass is 487 g/mol. The van der Waals surface area contributed by atoms with Gasteiger partial charge in [-0.3, -0.25) is 4.79 Å². The van der Waals surface area contributed by atoms with Crippen molar-refractivity contribution in [2.24, 2.45) is 0 Å². The highest BCUT2D eigenvalue weighted by Gasteiger charge is 2.25. The Morgan fingerprint density at radius 1 is 1.09 bits per heavy atom. The summed E-state index contributed by atoms with van der Waals surface area (Å²) in [6, 6.07) is 19.5. The van der Waals surface area contributed by atoms with Gasteiger partial charge in [0.15, 0.2) is 5.82 Å². The first-order chi connectivity index (χ1) is 17.0. The Labute approximate surface area is 206 Å². The van der Waals surface area contributed by atoms with E-state index < -0.39 is 5.82 Å². The highest BCUT2D eigenvalue weighted by Crippen LogP contribution is 2.41. The molecule has 3 aromatic carbocycles. The standard InChI is InChI=1S/C27H22FN3O3S/c1-16-6-5-7-18-14-20-26(34-24(16)18)30-25(17-10-12-19(33-2)13-11-17)31-27(20)35-15-23(32)29-22-9-4-3-8-21(22)28/h3-13H,14-15H2,1-2H3,(H,29,32). The summed E-state index contributed by atoms with van der Waals surface area (Å²) in [6.45, 7) is 2.00. The Balaban J connectivity index is 1.46. The minimum Gasteiger partial charge on any atom is -0.497 e. The molecule has 1 N–H and O–H groups in total. The van der Waals surface area contributed by atoms with Gasteiger partial charge in [-0.1, -0.05) is 42.1 Å². The van der Waals surface area contributed by atoms with Gasteiger partial charge in [-0.25, -0.2) is 9.37 Å². The molecule has 0 aliphatic carbocycles. The van der Waals surface area contributed by atoms with Crippen LogP contribution in [0.5, 0.6) is 17.4 Å². The molecule has 0 bridgehead atoms. The molecule has 0 fully saturated rings. The van der Waals surface area contributed by atoms with Crippen LogP contribution in [0.4, 0.5) is 10.1 Å². The van der Waals surface area contributed by atoms with Gasteiger partial charge in [0.25, 0.3) is 0 Å². The maximum atomic E-state index is 13.9. The number of benzene rings is 3. The van der Waals surface area contributed by atoms with Crippen LogP contribution in [0.2, 0.25) is 0 Å². The first-order valence-corrected chi connectivity index (χ1v) is 12.0. The molecule has 0 saturated carbocycles. The Morgan fingerprint density at radius 2 is 1.89 bits per heavy atom. The van der Waals surface area contributed by atoms with E-state index in [4.69, 9.17) is 19.4 Å². The second kappa shape index (κ2) is 9.76. The fraction of sp³-hybridized carbons (Fsp3) is 0.148. The summed E-state index contributed by atoms with van der Waals surface area (Å²) >= 11 is 1.27. The van der Waals surface area contributed by atoms with Crippen LogP contribution in [-0.4, -0.2) is 28.7 Å². The number of thioether (sulfide) groups is 1. The molecule has 0 saturated heterocycles. The average molecular weight is 488 g/mol. The van der Waals surface area contributed by atoms with Crippen molar-refractivity contribution in [3.05, 3.63) is 89.2 Å². The van der Waals surface area contributed by atoms with Gasteiger partial charge in [0.2, 0.25) is 11.8 Å². The minimum atomic E-state index is -0.479. The fourth-order valence-electron chi connectivity index (χ4n) is 3.84. The van der Waals surface area contributed by atoms with Crippen LogP contribution in [0, 0.1) is 12.7 Å². The molecule has 1 aromatic heterocycles. The predicted molar refractivity (Wildman–Crippen MR) is 134 cm³/mol. The maximum Gasteiger partial charge on any atom is 0.234 e. The first-order valence-electron chi connectivity index (χ1n) is 11.0. The molecule has 35 heavy (non-hydrogen) atoms. The van der Waals surface area contributed by atoms with Crippen LogP contribution in [0.25, 0.3) is 11.4 Å². The lowest BCUT2D eigenvalue weighted by Crippen LogP contribution is -2.16. The number of methoxy groups -OCH3 is 1. The third-order valence-corrected chi connectivity index (χ3v) is 6.64.